The zero-order valence-electron chi connectivity index (χ0n) is 13.4. The van der Waals surface area contributed by atoms with Gasteiger partial charge < -0.3 is 23.8 Å². The fourth-order valence-electron chi connectivity index (χ4n) is 3.05. The summed E-state index contributed by atoms with van der Waals surface area (Å²) in [5, 5.41) is 3.66. The zero-order valence-corrected chi connectivity index (χ0v) is 13.4. The van der Waals surface area contributed by atoms with E-state index in [1.807, 2.05) is 0 Å². The van der Waals surface area contributed by atoms with Gasteiger partial charge in [-0.05, 0) is 6.92 Å². The molecule has 0 saturated carbocycles. The van der Waals surface area contributed by atoms with Gasteiger partial charge in [-0.25, -0.2) is 0 Å². The number of morpholine rings is 1. The molecular formula is C15H21N3O5. The van der Waals surface area contributed by atoms with E-state index in [9.17, 15) is 9.59 Å². The van der Waals surface area contributed by atoms with Crippen molar-refractivity contribution in [3.63, 3.8) is 0 Å². The van der Waals surface area contributed by atoms with Crippen LogP contribution in [0.4, 0.5) is 0 Å². The topological polar surface area (TPSA) is 85.1 Å². The highest BCUT2D eigenvalue weighted by Crippen LogP contribution is 2.24. The van der Waals surface area contributed by atoms with E-state index in [-0.39, 0.29) is 11.8 Å². The van der Waals surface area contributed by atoms with Gasteiger partial charge in [0.15, 0.2) is 0 Å². The number of hydrogen-bond acceptors (Lipinski definition) is 6. The van der Waals surface area contributed by atoms with E-state index in [1.165, 1.54) is 13.1 Å². The van der Waals surface area contributed by atoms with E-state index in [0.717, 1.165) is 0 Å². The van der Waals surface area contributed by atoms with Crippen LogP contribution in [0.5, 0.6) is 0 Å². The number of nitrogens with zero attached hydrogens (tertiary/aromatic N) is 3. The predicted octanol–water partition coefficient (Wildman–Crippen LogP) is 0.0729. The summed E-state index contributed by atoms with van der Waals surface area (Å²) in [5.41, 5.74) is -0.221. The molecule has 8 heteroatoms. The molecule has 1 aromatic rings. The molecule has 2 amide bonds. The lowest BCUT2D eigenvalue weighted by Gasteiger charge is -2.43. The Morgan fingerprint density at radius 2 is 1.96 bits per heavy atom. The van der Waals surface area contributed by atoms with Crippen molar-refractivity contribution in [3.05, 3.63) is 17.5 Å². The highest BCUT2D eigenvalue weighted by Gasteiger charge is 2.42. The molecule has 0 radical (unpaired) electrons. The second kappa shape index (κ2) is 6.29. The third kappa shape index (κ3) is 3.23. The van der Waals surface area contributed by atoms with Gasteiger partial charge in [0.2, 0.25) is 5.91 Å². The maximum absolute atomic E-state index is 12.7. The molecule has 0 N–H and O–H groups in total. The van der Waals surface area contributed by atoms with E-state index >= 15 is 0 Å². The first-order valence-corrected chi connectivity index (χ1v) is 7.68. The number of aromatic nitrogens is 1. The third-order valence-corrected chi connectivity index (χ3v) is 4.31. The maximum Gasteiger partial charge on any atom is 0.259 e. The molecule has 0 bridgehead atoms. The molecule has 3 rings (SSSR count). The monoisotopic (exact) mass is 323 g/mol. The Morgan fingerprint density at radius 3 is 2.65 bits per heavy atom. The molecule has 0 aliphatic carbocycles. The minimum Gasteiger partial charge on any atom is -0.376 e. The van der Waals surface area contributed by atoms with Crippen LogP contribution in [0.15, 0.2) is 10.7 Å². The van der Waals surface area contributed by atoms with Crippen molar-refractivity contribution >= 4 is 11.8 Å². The van der Waals surface area contributed by atoms with E-state index in [4.69, 9.17) is 14.0 Å². The number of rotatable bonds is 1. The summed E-state index contributed by atoms with van der Waals surface area (Å²) in [7, 11) is 0. The van der Waals surface area contributed by atoms with Crippen LogP contribution in [-0.2, 0) is 14.3 Å². The Balaban J connectivity index is 1.77. The minimum absolute atomic E-state index is 0.0168. The first kappa shape index (κ1) is 15.9. The lowest BCUT2D eigenvalue weighted by atomic mass is 10.0. The first-order chi connectivity index (χ1) is 11.0. The Labute approximate surface area is 134 Å². The van der Waals surface area contributed by atoms with Gasteiger partial charge in [0.05, 0.1) is 39.1 Å². The van der Waals surface area contributed by atoms with Crippen molar-refractivity contribution in [2.45, 2.75) is 19.4 Å². The summed E-state index contributed by atoms with van der Waals surface area (Å²) in [5.74, 6) is 0.347. The van der Waals surface area contributed by atoms with Crippen molar-refractivity contribution < 1.29 is 23.6 Å². The summed E-state index contributed by atoms with van der Waals surface area (Å²) in [6.45, 7) is 6.32. The molecule has 0 unspecified atom stereocenters. The van der Waals surface area contributed by atoms with Crippen LogP contribution >= 0.6 is 0 Å². The van der Waals surface area contributed by atoms with E-state index in [0.29, 0.717) is 57.3 Å². The average Bonchev–Trinajstić information content (AvgIpc) is 2.85. The van der Waals surface area contributed by atoms with E-state index < -0.39 is 5.60 Å². The molecule has 1 atom stereocenters. The van der Waals surface area contributed by atoms with Crippen LogP contribution in [0, 0.1) is 6.92 Å². The average molecular weight is 323 g/mol. The van der Waals surface area contributed by atoms with Crippen molar-refractivity contribution in [1.82, 2.24) is 15.0 Å². The van der Waals surface area contributed by atoms with Crippen LogP contribution in [-0.4, -0.2) is 78.4 Å². The zero-order chi connectivity index (χ0) is 16.4. The van der Waals surface area contributed by atoms with E-state index in [1.54, 1.807) is 16.7 Å². The van der Waals surface area contributed by atoms with Crippen LogP contribution in [0.1, 0.15) is 23.0 Å². The van der Waals surface area contributed by atoms with Crippen LogP contribution < -0.4 is 0 Å². The number of amides is 2. The Hall–Kier alpha value is -1.93. The molecule has 2 aliphatic rings. The predicted molar refractivity (Wildman–Crippen MR) is 78.9 cm³/mol. The second-order valence-corrected chi connectivity index (χ2v) is 6.05. The van der Waals surface area contributed by atoms with Gasteiger partial charge in [0.1, 0.15) is 16.9 Å². The highest BCUT2D eigenvalue weighted by atomic mass is 16.5. The summed E-state index contributed by atoms with van der Waals surface area (Å²) < 4.78 is 16.5. The lowest BCUT2D eigenvalue weighted by molar-refractivity contribution is -0.145. The summed E-state index contributed by atoms with van der Waals surface area (Å²) >= 11 is 0. The largest absolute Gasteiger partial charge is 0.376 e. The summed E-state index contributed by atoms with van der Waals surface area (Å²) in [6, 6.07) is 0. The van der Waals surface area contributed by atoms with Gasteiger partial charge in [-0.1, -0.05) is 5.16 Å². The van der Waals surface area contributed by atoms with Gasteiger partial charge in [0.25, 0.3) is 5.91 Å². The van der Waals surface area contributed by atoms with Gasteiger partial charge in [0, 0.05) is 20.0 Å². The molecule has 1 spiro atoms. The highest BCUT2D eigenvalue weighted by molar-refractivity contribution is 5.94. The molecule has 2 fully saturated rings. The van der Waals surface area contributed by atoms with Gasteiger partial charge in [-0.15, -0.1) is 0 Å². The molecule has 23 heavy (non-hydrogen) atoms. The normalized spacial score (nSPS) is 25.5. The molecular weight excluding hydrogens is 302 g/mol. The van der Waals surface area contributed by atoms with Gasteiger partial charge in [-0.3, -0.25) is 9.59 Å². The Kier molecular flexibility index (Phi) is 4.36. The molecule has 1 aromatic heterocycles. The minimum atomic E-state index is -0.679. The van der Waals surface area contributed by atoms with Crippen molar-refractivity contribution in [1.29, 1.82) is 0 Å². The summed E-state index contributed by atoms with van der Waals surface area (Å²) in [6.07, 6.45) is 1.44. The second-order valence-electron chi connectivity index (χ2n) is 6.05. The van der Waals surface area contributed by atoms with Crippen molar-refractivity contribution in [2.75, 3.05) is 46.0 Å². The summed E-state index contributed by atoms with van der Waals surface area (Å²) in [4.78, 5) is 27.8. The lowest BCUT2D eigenvalue weighted by Crippen LogP contribution is -2.60. The standard InChI is InChI=1S/C15H21N3O5/c1-11-13(7-16-23-11)14(20)18-4-6-22-15(9-18)8-17(12(2)19)3-5-21-10-15/h7H,3-6,8-10H2,1-2H3/t15-/m0/s1. The fraction of sp³-hybridized carbons (Fsp3) is 0.667. The molecule has 0 aromatic carbocycles. The quantitative estimate of drug-likeness (QED) is 0.727. The molecule has 2 saturated heterocycles. The number of carbonyl (C=O) groups is 2. The fourth-order valence-corrected chi connectivity index (χ4v) is 3.05. The Morgan fingerprint density at radius 1 is 1.22 bits per heavy atom. The number of ether oxygens (including phenoxy) is 2. The van der Waals surface area contributed by atoms with E-state index in [2.05, 4.69) is 5.16 Å². The molecule has 126 valence electrons. The third-order valence-electron chi connectivity index (χ3n) is 4.31. The maximum atomic E-state index is 12.7. The first-order valence-electron chi connectivity index (χ1n) is 7.68. The van der Waals surface area contributed by atoms with Crippen LogP contribution in [0.3, 0.4) is 0 Å². The molecule has 8 nitrogen and oxygen atoms in total. The number of hydrogen-bond donors (Lipinski definition) is 0. The molecule has 3 heterocycles. The van der Waals surface area contributed by atoms with Gasteiger partial charge in [-0.2, -0.15) is 0 Å². The van der Waals surface area contributed by atoms with Crippen molar-refractivity contribution in [2.24, 2.45) is 0 Å². The van der Waals surface area contributed by atoms with Crippen molar-refractivity contribution in [3.8, 4) is 0 Å². The smallest absolute Gasteiger partial charge is 0.259 e. The molecule has 2 aliphatic heterocycles. The Bertz CT molecular complexity index is 602. The number of carbonyl (C=O) groups excluding carboxylic acids is 2. The number of aryl methyl sites for hydroxylation is 1. The van der Waals surface area contributed by atoms with Gasteiger partial charge >= 0.3 is 0 Å². The van der Waals surface area contributed by atoms with Crippen LogP contribution in [0.25, 0.3) is 0 Å². The van der Waals surface area contributed by atoms with Crippen LogP contribution in [0.2, 0.25) is 0 Å². The SMILES string of the molecule is CC(=O)N1CCOC[C@]2(C1)CN(C(=O)c1cnoc1C)CCO2.